The number of hydrogen-bond donors (Lipinski definition) is 0. The van der Waals surface area contributed by atoms with Crippen molar-refractivity contribution in [3.8, 4) is 0 Å². The van der Waals surface area contributed by atoms with Crippen molar-refractivity contribution >= 4 is 67.7 Å². The molecule has 1 aliphatic heterocycles. The van der Waals surface area contributed by atoms with Crippen molar-refractivity contribution in [1.29, 1.82) is 0 Å². The average Bonchev–Trinajstić information content (AvgIpc) is 3.45. The molecule has 2 unspecified atom stereocenters. The molecule has 0 bridgehead atoms. The van der Waals surface area contributed by atoms with E-state index < -0.39 is 36.8 Å². The second-order valence-corrected chi connectivity index (χ2v) is 50.4. The molecule has 4 heteroatoms. The number of unbranched alkanes of at least 4 members (excludes halogenated alkanes) is 18. The predicted molar refractivity (Wildman–Crippen MR) is 221 cm³/mol. The van der Waals surface area contributed by atoms with E-state index in [0.717, 1.165) is 9.18 Å². The summed E-state index contributed by atoms with van der Waals surface area (Å²) in [6.07, 6.45) is 35.8. The topological polar surface area (TPSA) is 0 Å². The van der Waals surface area contributed by atoms with Crippen LogP contribution in [0, 0.1) is 5.92 Å². The van der Waals surface area contributed by atoms with Crippen molar-refractivity contribution in [2.24, 2.45) is 5.92 Å². The van der Waals surface area contributed by atoms with Crippen LogP contribution in [0.15, 0.2) is 12.1 Å². The Morgan fingerprint density at radius 3 is 1.51 bits per heavy atom. The van der Waals surface area contributed by atoms with Crippen LogP contribution in [-0.4, -0.2) is 40.0 Å². The quantitative estimate of drug-likeness (QED) is 0.0697. The molecule has 0 saturated carbocycles. The standard InChI is InChI=1S/C33H56S2.C2H6.6CH3.2Sn/c1-3-5-7-9-11-13-15-17-19-21-23-30-25-26-34-32(27-30)33-28-31(29-35-33)24-22-20-18-16-14-12-10-8-6-4-2;1-2;;;;;;;;/h26-28,30H,3-25H2,1-2H3;1-2H3;6*1H3;;. The van der Waals surface area contributed by atoms with Gasteiger partial charge in [-0.25, -0.2) is 0 Å². The molecule has 2 heterocycles. The zero-order valence-corrected chi connectivity index (χ0v) is 39.7. The van der Waals surface area contributed by atoms with Gasteiger partial charge >= 0.3 is 257 Å². The average molecular weight is 875 g/mol. The van der Waals surface area contributed by atoms with Gasteiger partial charge in [0.25, 0.3) is 0 Å². The van der Waals surface area contributed by atoms with Gasteiger partial charge in [-0.05, 0) is 0 Å². The van der Waals surface area contributed by atoms with Crippen molar-refractivity contribution in [3.63, 3.8) is 0 Å². The number of thioether (sulfide) groups is 1. The summed E-state index contributed by atoms with van der Waals surface area (Å²) in [5.74, 6) is 0.820. The van der Waals surface area contributed by atoms with Gasteiger partial charge in [-0.1, -0.05) is 47.0 Å². The fraction of sp³-hybridized carbons (Fsp3) is 0.854. The van der Waals surface area contributed by atoms with E-state index in [9.17, 15) is 0 Å². The van der Waals surface area contributed by atoms with Crippen LogP contribution in [0.5, 0.6) is 0 Å². The van der Waals surface area contributed by atoms with Crippen molar-refractivity contribution in [2.75, 3.05) is 0 Å². The molecule has 0 aliphatic carbocycles. The van der Waals surface area contributed by atoms with Crippen molar-refractivity contribution in [3.05, 3.63) is 22.6 Å². The van der Waals surface area contributed by atoms with Gasteiger partial charge in [-0.15, -0.1) is 0 Å². The van der Waals surface area contributed by atoms with E-state index >= 15 is 0 Å². The van der Waals surface area contributed by atoms with Crippen LogP contribution in [0.4, 0.5) is 0 Å². The Morgan fingerprint density at radius 2 is 1.07 bits per heavy atom. The molecule has 2 atom stereocenters. The van der Waals surface area contributed by atoms with E-state index in [4.69, 9.17) is 0 Å². The van der Waals surface area contributed by atoms with E-state index in [1.54, 1.807) is 15.3 Å². The fourth-order valence-corrected chi connectivity index (χ4v) is 23.5. The second-order valence-electron chi connectivity index (χ2n) is 16.1. The Kier molecular flexibility index (Phi) is 25.9. The summed E-state index contributed by atoms with van der Waals surface area (Å²) < 4.78 is 2.81. The molecular weight excluding hydrogens is 794 g/mol. The molecule has 1 aliphatic rings. The zero-order chi connectivity index (χ0) is 33.6. The summed E-state index contributed by atoms with van der Waals surface area (Å²) in [5.41, 5.74) is 1.76. The van der Waals surface area contributed by atoms with Crippen molar-refractivity contribution in [1.82, 2.24) is 0 Å². The van der Waals surface area contributed by atoms with Crippen LogP contribution in [0.25, 0.3) is 4.91 Å². The van der Waals surface area contributed by atoms with Gasteiger partial charge in [-0.2, -0.15) is 0 Å². The number of rotatable bonds is 25. The summed E-state index contributed by atoms with van der Waals surface area (Å²) in [6, 6.07) is 2.70. The molecule has 0 fully saturated rings. The van der Waals surface area contributed by atoms with Gasteiger partial charge in [0.1, 0.15) is 0 Å². The summed E-state index contributed by atoms with van der Waals surface area (Å²) in [6.45, 7) is 8.64. The third-order valence-electron chi connectivity index (χ3n) is 9.60. The zero-order valence-electron chi connectivity index (χ0n) is 32.4. The van der Waals surface area contributed by atoms with Crippen LogP contribution in [0.1, 0.15) is 179 Å². The third-order valence-corrected chi connectivity index (χ3v) is 33.6. The number of thiophene rings is 1. The Morgan fingerprint density at radius 1 is 0.622 bits per heavy atom. The van der Waals surface area contributed by atoms with Gasteiger partial charge in [-0.3, -0.25) is 0 Å². The van der Waals surface area contributed by atoms with Crippen LogP contribution < -0.4 is 2.89 Å². The van der Waals surface area contributed by atoms with E-state index in [0.29, 0.717) is 0 Å². The first-order valence-corrected chi connectivity index (χ1v) is 42.0. The van der Waals surface area contributed by atoms with E-state index in [2.05, 4.69) is 78.7 Å². The molecule has 0 amide bonds. The Bertz CT molecular complexity index is 873. The molecule has 2 rings (SSSR count). The monoisotopic (exact) mass is 876 g/mol. The van der Waals surface area contributed by atoms with E-state index in [-0.39, 0.29) is 0 Å². The third kappa shape index (κ3) is 20.0. The van der Waals surface area contributed by atoms with E-state index in [1.807, 2.05) is 16.7 Å². The number of allylic oxidation sites excluding steroid dienone is 1. The molecular formula is C41H80S2Sn2. The fourth-order valence-electron chi connectivity index (χ4n) is 6.74. The molecule has 0 radical (unpaired) electrons. The van der Waals surface area contributed by atoms with Crippen LogP contribution in [-0.2, 0) is 6.42 Å². The Hall–Kier alpha value is 1.39. The first-order valence-electron chi connectivity index (χ1n) is 20.1. The van der Waals surface area contributed by atoms with Crippen molar-refractivity contribution in [2.45, 2.75) is 208 Å². The van der Waals surface area contributed by atoms with Gasteiger partial charge in [0.2, 0.25) is 0 Å². The molecule has 0 nitrogen and oxygen atoms in total. The first-order chi connectivity index (χ1) is 21.6. The van der Waals surface area contributed by atoms with Gasteiger partial charge < -0.3 is 0 Å². The minimum absolute atomic E-state index is 0.820. The van der Waals surface area contributed by atoms with Crippen LogP contribution in [0.2, 0.25) is 29.6 Å². The molecule has 0 N–H and O–H groups in total. The maximum absolute atomic E-state index is 2.77. The first kappa shape index (κ1) is 44.4. The normalized spacial score (nSPS) is 17.2. The van der Waals surface area contributed by atoms with E-state index in [1.165, 1.54) is 148 Å². The second kappa shape index (κ2) is 26.2. The summed E-state index contributed by atoms with van der Waals surface area (Å²) in [7, 11) is 0. The molecule has 0 aromatic carbocycles. The molecule has 264 valence electrons. The molecule has 0 saturated heterocycles. The van der Waals surface area contributed by atoms with Gasteiger partial charge in [0, 0.05) is 0 Å². The Balaban J connectivity index is 0.00000496. The van der Waals surface area contributed by atoms with Crippen LogP contribution >= 0.6 is 23.1 Å². The molecule has 1 aromatic heterocycles. The predicted octanol–water partition coefficient (Wildman–Crippen LogP) is 15.4. The van der Waals surface area contributed by atoms with Gasteiger partial charge in [0.15, 0.2) is 0 Å². The Labute approximate surface area is 301 Å². The maximum atomic E-state index is 2.77. The molecule has 45 heavy (non-hydrogen) atoms. The SMILES string of the molecule is CC.CCCCCCCCCCCCc1cc(C2=CC(CCCCCCCCCCCC)C[CH]([Sn]([CH3])([CH3])[CH3])S2)s[c]1[Sn]([CH3])([CH3])[CH3]. The van der Waals surface area contributed by atoms with Crippen molar-refractivity contribution < 1.29 is 0 Å². The summed E-state index contributed by atoms with van der Waals surface area (Å²) in [5, 5.41) is 0. The minimum atomic E-state index is -2.15. The summed E-state index contributed by atoms with van der Waals surface area (Å²) in [4.78, 5) is 19.4. The van der Waals surface area contributed by atoms with Crippen LogP contribution in [0.3, 0.4) is 0 Å². The molecule has 0 spiro atoms. The van der Waals surface area contributed by atoms with Gasteiger partial charge in [0.05, 0.1) is 0 Å². The molecule has 1 aromatic rings. The number of aryl methyl sites for hydroxylation is 1. The number of hydrogen-bond acceptors (Lipinski definition) is 2. The summed E-state index contributed by atoms with van der Waals surface area (Å²) >= 11 is 0.403.